The molecule has 1 aliphatic rings. The minimum atomic E-state index is -0.710. The molecule has 0 bridgehead atoms. The number of aliphatic carboxylic acids is 1. The molecule has 1 saturated carbocycles. The van der Waals surface area contributed by atoms with Crippen LogP contribution in [0.1, 0.15) is 18.4 Å². The molecule has 0 aliphatic heterocycles. The van der Waals surface area contributed by atoms with Gasteiger partial charge in [-0.2, -0.15) is 0 Å². The normalized spacial score (nSPS) is 17.6. The minimum Gasteiger partial charge on any atom is -0.481 e. The van der Waals surface area contributed by atoms with Crippen LogP contribution in [0.25, 0.3) is 10.9 Å². The average molecular weight is 280 g/mol. The van der Waals surface area contributed by atoms with Gasteiger partial charge in [0, 0.05) is 21.6 Å². The summed E-state index contributed by atoms with van der Waals surface area (Å²) in [5, 5.41) is 10.3. The number of nitrogens with one attached hydrogen (secondary N) is 1. The lowest BCUT2D eigenvalue weighted by molar-refractivity contribution is -0.140. The highest BCUT2D eigenvalue weighted by molar-refractivity contribution is 9.10. The Kier molecular flexibility index (Phi) is 1.92. The number of halogens is 1. The van der Waals surface area contributed by atoms with Gasteiger partial charge < -0.3 is 10.1 Å². The highest BCUT2D eigenvalue weighted by atomic mass is 79.9. The minimum absolute atomic E-state index is 0.620. The lowest BCUT2D eigenvalue weighted by atomic mass is 9.95. The van der Waals surface area contributed by atoms with E-state index in [0.29, 0.717) is 0 Å². The van der Waals surface area contributed by atoms with E-state index in [2.05, 4.69) is 20.9 Å². The van der Waals surface area contributed by atoms with Gasteiger partial charge in [-0.3, -0.25) is 4.79 Å². The van der Waals surface area contributed by atoms with Crippen molar-refractivity contribution in [3.63, 3.8) is 0 Å². The van der Waals surface area contributed by atoms with Gasteiger partial charge in [-0.15, -0.1) is 0 Å². The van der Waals surface area contributed by atoms with Crippen LogP contribution in [0.2, 0.25) is 0 Å². The van der Waals surface area contributed by atoms with Gasteiger partial charge in [-0.1, -0.05) is 6.07 Å². The molecule has 2 N–H and O–H groups in total. The Balaban J connectivity index is 2.18. The molecular weight excluding hydrogens is 270 g/mol. The fourth-order valence-corrected chi connectivity index (χ4v) is 2.58. The van der Waals surface area contributed by atoms with Crippen molar-refractivity contribution in [3.8, 4) is 0 Å². The SMILES string of the molecule is O=C(O)C1(c2ccc3[nH]cc(Br)c3c2)CC1. The summed E-state index contributed by atoms with van der Waals surface area (Å²) in [5.41, 5.74) is 1.31. The van der Waals surface area contributed by atoms with E-state index in [9.17, 15) is 9.90 Å². The maximum atomic E-state index is 11.2. The Morgan fingerprint density at radius 2 is 2.19 bits per heavy atom. The zero-order valence-corrected chi connectivity index (χ0v) is 10.0. The van der Waals surface area contributed by atoms with Crippen LogP contribution in [-0.4, -0.2) is 16.1 Å². The van der Waals surface area contributed by atoms with Crippen LogP contribution in [-0.2, 0) is 10.2 Å². The Labute approximate surface area is 101 Å². The van der Waals surface area contributed by atoms with Crippen molar-refractivity contribution in [2.24, 2.45) is 0 Å². The van der Waals surface area contributed by atoms with Crippen molar-refractivity contribution in [2.45, 2.75) is 18.3 Å². The molecule has 3 rings (SSSR count). The number of hydrogen-bond acceptors (Lipinski definition) is 1. The van der Waals surface area contributed by atoms with Crippen molar-refractivity contribution in [1.82, 2.24) is 4.98 Å². The number of aromatic amines is 1. The zero-order valence-electron chi connectivity index (χ0n) is 8.46. The second-order valence-corrected chi connectivity index (χ2v) is 5.14. The first-order chi connectivity index (χ1) is 7.63. The molecule has 3 nitrogen and oxygen atoms in total. The summed E-state index contributed by atoms with van der Waals surface area (Å²) in [6.45, 7) is 0. The zero-order chi connectivity index (χ0) is 11.3. The highest BCUT2D eigenvalue weighted by Crippen LogP contribution is 2.49. The maximum absolute atomic E-state index is 11.2. The molecule has 82 valence electrons. The van der Waals surface area contributed by atoms with Crippen molar-refractivity contribution in [2.75, 3.05) is 0 Å². The molecule has 0 spiro atoms. The Hall–Kier alpha value is -1.29. The first-order valence-electron chi connectivity index (χ1n) is 5.14. The molecule has 1 aromatic heterocycles. The maximum Gasteiger partial charge on any atom is 0.314 e. The number of hydrogen-bond donors (Lipinski definition) is 2. The molecule has 16 heavy (non-hydrogen) atoms. The average Bonchev–Trinajstić information content (AvgIpc) is 3.01. The molecule has 1 aromatic carbocycles. The molecular formula is C12H10BrNO2. The van der Waals surface area contributed by atoms with Crippen molar-refractivity contribution < 1.29 is 9.90 Å². The first kappa shape index (κ1) is 9.90. The molecule has 4 heteroatoms. The van der Waals surface area contributed by atoms with Gasteiger partial charge in [-0.05, 0) is 46.5 Å². The predicted octanol–water partition coefficient (Wildman–Crippen LogP) is 3.05. The largest absolute Gasteiger partial charge is 0.481 e. The van der Waals surface area contributed by atoms with Gasteiger partial charge in [0.1, 0.15) is 0 Å². The third-order valence-corrected chi connectivity index (χ3v) is 4.00. The predicted molar refractivity (Wildman–Crippen MR) is 64.5 cm³/mol. The number of carboxylic acids is 1. The smallest absolute Gasteiger partial charge is 0.314 e. The van der Waals surface area contributed by atoms with E-state index in [1.807, 2.05) is 24.4 Å². The number of rotatable bonds is 2. The monoisotopic (exact) mass is 279 g/mol. The van der Waals surface area contributed by atoms with Gasteiger partial charge in [0.2, 0.25) is 0 Å². The molecule has 0 amide bonds. The third-order valence-electron chi connectivity index (χ3n) is 3.34. The Morgan fingerprint density at radius 1 is 1.44 bits per heavy atom. The van der Waals surface area contributed by atoms with E-state index in [-0.39, 0.29) is 0 Å². The molecule has 2 aromatic rings. The van der Waals surface area contributed by atoms with Crippen LogP contribution in [0, 0.1) is 0 Å². The molecule has 0 saturated heterocycles. The number of benzene rings is 1. The van der Waals surface area contributed by atoms with E-state index in [4.69, 9.17) is 0 Å². The molecule has 0 radical (unpaired) electrons. The van der Waals surface area contributed by atoms with E-state index < -0.39 is 11.4 Å². The fourth-order valence-electron chi connectivity index (χ4n) is 2.14. The quantitative estimate of drug-likeness (QED) is 0.888. The summed E-state index contributed by atoms with van der Waals surface area (Å²) in [6.07, 6.45) is 3.36. The molecule has 1 aliphatic carbocycles. The summed E-state index contributed by atoms with van der Waals surface area (Å²) in [7, 11) is 0. The molecule has 1 heterocycles. The standard InChI is InChI=1S/C12H10BrNO2/c13-9-6-14-10-2-1-7(5-8(9)10)12(3-4-12)11(15)16/h1-2,5-6,14H,3-4H2,(H,15,16). The van der Waals surface area contributed by atoms with Gasteiger partial charge >= 0.3 is 5.97 Å². The second kappa shape index (κ2) is 3.10. The third kappa shape index (κ3) is 1.23. The molecule has 0 atom stereocenters. The summed E-state index contributed by atoms with van der Waals surface area (Å²) in [4.78, 5) is 14.3. The molecule has 0 unspecified atom stereocenters. The topological polar surface area (TPSA) is 53.1 Å². The van der Waals surface area contributed by atoms with Gasteiger partial charge in [0.05, 0.1) is 5.41 Å². The lowest BCUT2D eigenvalue weighted by Crippen LogP contribution is -2.19. The lowest BCUT2D eigenvalue weighted by Gasteiger charge is -2.09. The van der Waals surface area contributed by atoms with Crippen LogP contribution in [0.3, 0.4) is 0 Å². The number of carbonyl (C=O) groups is 1. The van der Waals surface area contributed by atoms with Crippen molar-refractivity contribution in [1.29, 1.82) is 0 Å². The van der Waals surface area contributed by atoms with Crippen LogP contribution in [0.4, 0.5) is 0 Å². The summed E-state index contributed by atoms with van der Waals surface area (Å²) in [6, 6.07) is 5.82. The van der Waals surface area contributed by atoms with E-state index in [1.54, 1.807) is 0 Å². The summed E-state index contributed by atoms with van der Waals surface area (Å²) in [5.74, 6) is -0.710. The van der Waals surface area contributed by atoms with Gasteiger partial charge in [-0.25, -0.2) is 0 Å². The second-order valence-electron chi connectivity index (χ2n) is 4.28. The number of carboxylic acid groups (broad SMARTS) is 1. The van der Waals surface area contributed by atoms with Gasteiger partial charge in [0.25, 0.3) is 0 Å². The van der Waals surface area contributed by atoms with Crippen LogP contribution in [0.15, 0.2) is 28.9 Å². The van der Waals surface area contributed by atoms with Crippen LogP contribution in [0.5, 0.6) is 0 Å². The fraction of sp³-hybridized carbons (Fsp3) is 0.250. The summed E-state index contributed by atoms with van der Waals surface area (Å²) >= 11 is 3.45. The van der Waals surface area contributed by atoms with Crippen molar-refractivity contribution >= 4 is 32.8 Å². The first-order valence-corrected chi connectivity index (χ1v) is 5.93. The van der Waals surface area contributed by atoms with Crippen LogP contribution >= 0.6 is 15.9 Å². The summed E-state index contributed by atoms with van der Waals surface area (Å²) < 4.78 is 0.977. The highest BCUT2D eigenvalue weighted by Gasteiger charge is 2.51. The van der Waals surface area contributed by atoms with Crippen molar-refractivity contribution in [3.05, 3.63) is 34.4 Å². The Morgan fingerprint density at radius 3 is 2.81 bits per heavy atom. The molecule has 1 fully saturated rings. The van der Waals surface area contributed by atoms with E-state index >= 15 is 0 Å². The van der Waals surface area contributed by atoms with Crippen LogP contribution < -0.4 is 0 Å². The van der Waals surface area contributed by atoms with E-state index in [0.717, 1.165) is 33.8 Å². The van der Waals surface area contributed by atoms with Gasteiger partial charge in [0.15, 0.2) is 0 Å². The number of fused-ring (bicyclic) bond motifs is 1. The number of H-pyrrole nitrogens is 1. The number of aromatic nitrogens is 1. The Bertz CT molecular complexity index is 584. The van der Waals surface area contributed by atoms with E-state index in [1.165, 1.54) is 0 Å².